The topological polar surface area (TPSA) is 66.8 Å². The lowest BCUT2D eigenvalue weighted by molar-refractivity contribution is -0.139. The monoisotopic (exact) mass is 333 g/mol. The summed E-state index contributed by atoms with van der Waals surface area (Å²) in [6, 6.07) is 7.42. The summed E-state index contributed by atoms with van der Waals surface area (Å²) in [5.74, 6) is -0.584. The first-order valence-corrected chi connectivity index (χ1v) is 8.00. The first kappa shape index (κ1) is 17.0. The zero-order chi connectivity index (χ0) is 17.0. The Hall–Kier alpha value is -2.34. The molecule has 1 aromatic heterocycles. The molecule has 0 unspecified atom stereocenters. The van der Waals surface area contributed by atoms with Crippen LogP contribution in [0.2, 0.25) is 0 Å². The van der Waals surface area contributed by atoms with Crippen LogP contribution in [0.1, 0.15) is 26.4 Å². The second kappa shape index (κ2) is 7.28. The third-order valence-corrected chi connectivity index (χ3v) is 4.23. The maximum Gasteiger partial charge on any atom is 0.341 e. The smallest absolute Gasteiger partial charge is 0.341 e. The molecule has 1 heterocycles. The lowest BCUT2D eigenvalue weighted by Crippen LogP contribution is -2.26. The van der Waals surface area contributed by atoms with Crippen LogP contribution in [0.15, 0.2) is 29.6 Å². The molecule has 23 heavy (non-hydrogen) atoms. The van der Waals surface area contributed by atoms with E-state index in [1.54, 1.807) is 49.3 Å². The number of carbonyl (C=O) groups excluding carboxylic acids is 1. The van der Waals surface area contributed by atoms with Crippen molar-refractivity contribution >= 4 is 23.2 Å². The van der Waals surface area contributed by atoms with Gasteiger partial charge in [0.15, 0.2) is 6.61 Å². The van der Waals surface area contributed by atoms with Gasteiger partial charge in [-0.2, -0.15) is 0 Å². The van der Waals surface area contributed by atoms with Crippen LogP contribution in [0.4, 0.5) is 0 Å². The number of hydrogen-bond acceptors (Lipinski definition) is 4. The SMILES string of the molecule is Cc1cc(C(=O)N(C)Cc2cccs2)cc(C)c1OCC(=O)O. The summed E-state index contributed by atoms with van der Waals surface area (Å²) in [7, 11) is 1.77. The van der Waals surface area contributed by atoms with Crippen molar-refractivity contribution in [3.63, 3.8) is 0 Å². The molecule has 5 nitrogen and oxygen atoms in total. The summed E-state index contributed by atoms with van der Waals surface area (Å²) in [5.41, 5.74) is 2.07. The van der Waals surface area contributed by atoms with Gasteiger partial charge in [-0.25, -0.2) is 4.79 Å². The van der Waals surface area contributed by atoms with E-state index in [4.69, 9.17) is 9.84 Å². The van der Waals surface area contributed by atoms with Crippen LogP contribution < -0.4 is 4.74 Å². The van der Waals surface area contributed by atoms with Crippen LogP contribution in [0.25, 0.3) is 0 Å². The number of rotatable bonds is 6. The molecular weight excluding hydrogens is 314 g/mol. The molecule has 0 atom stereocenters. The van der Waals surface area contributed by atoms with Gasteiger partial charge in [0.1, 0.15) is 5.75 Å². The number of carboxylic acid groups (broad SMARTS) is 1. The molecule has 1 N–H and O–H groups in total. The molecule has 0 saturated carbocycles. The molecule has 0 aliphatic heterocycles. The zero-order valence-electron chi connectivity index (χ0n) is 13.3. The highest BCUT2D eigenvalue weighted by atomic mass is 32.1. The van der Waals surface area contributed by atoms with Gasteiger partial charge in [-0.05, 0) is 48.6 Å². The van der Waals surface area contributed by atoms with E-state index in [2.05, 4.69) is 0 Å². The number of aliphatic carboxylic acids is 1. The van der Waals surface area contributed by atoms with Crippen LogP contribution in [-0.2, 0) is 11.3 Å². The quantitative estimate of drug-likeness (QED) is 0.882. The molecule has 0 aliphatic rings. The van der Waals surface area contributed by atoms with Gasteiger partial charge in [0, 0.05) is 17.5 Å². The second-order valence-corrected chi connectivity index (χ2v) is 6.39. The summed E-state index contributed by atoms with van der Waals surface area (Å²) in [4.78, 5) is 26.0. The predicted octanol–water partition coefficient (Wildman–Crippen LogP) is 3.10. The maximum absolute atomic E-state index is 12.5. The highest BCUT2D eigenvalue weighted by molar-refractivity contribution is 7.09. The number of benzene rings is 1. The fourth-order valence-corrected chi connectivity index (χ4v) is 3.12. The summed E-state index contributed by atoms with van der Waals surface area (Å²) < 4.78 is 5.29. The predicted molar refractivity (Wildman–Crippen MR) is 89.2 cm³/mol. The van der Waals surface area contributed by atoms with E-state index in [1.807, 2.05) is 17.5 Å². The Morgan fingerprint density at radius 2 is 1.91 bits per heavy atom. The van der Waals surface area contributed by atoms with Crippen LogP contribution >= 0.6 is 11.3 Å². The van der Waals surface area contributed by atoms with Gasteiger partial charge < -0.3 is 14.7 Å². The molecule has 0 aliphatic carbocycles. The molecule has 1 amide bonds. The molecule has 0 fully saturated rings. The third kappa shape index (κ3) is 4.32. The van der Waals surface area contributed by atoms with Gasteiger partial charge in [-0.3, -0.25) is 4.79 Å². The summed E-state index contributed by atoms with van der Waals surface area (Å²) in [6.07, 6.45) is 0. The van der Waals surface area contributed by atoms with Gasteiger partial charge >= 0.3 is 5.97 Å². The van der Waals surface area contributed by atoms with Crippen molar-refractivity contribution in [2.75, 3.05) is 13.7 Å². The largest absolute Gasteiger partial charge is 0.481 e. The zero-order valence-corrected chi connectivity index (χ0v) is 14.1. The van der Waals surface area contributed by atoms with Crippen molar-refractivity contribution < 1.29 is 19.4 Å². The third-order valence-electron chi connectivity index (χ3n) is 3.37. The van der Waals surface area contributed by atoms with Crippen LogP contribution in [0, 0.1) is 13.8 Å². The highest BCUT2D eigenvalue weighted by Crippen LogP contribution is 2.25. The average Bonchev–Trinajstić information content (AvgIpc) is 2.97. The van der Waals surface area contributed by atoms with Crippen molar-refractivity contribution in [3.05, 3.63) is 51.2 Å². The number of thiophene rings is 1. The molecule has 0 saturated heterocycles. The average molecular weight is 333 g/mol. The van der Waals surface area contributed by atoms with E-state index in [-0.39, 0.29) is 5.91 Å². The highest BCUT2D eigenvalue weighted by Gasteiger charge is 2.16. The first-order chi connectivity index (χ1) is 10.9. The molecule has 1 aromatic carbocycles. The Morgan fingerprint density at radius 3 is 2.43 bits per heavy atom. The van der Waals surface area contributed by atoms with Crippen molar-refractivity contribution in [1.29, 1.82) is 0 Å². The Labute approximate surface area is 139 Å². The van der Waals surface area contributed by atoms with Crippen molar-refractivity contribution in [2.24, 2.45) is 0 Å². The Morgan fingerprint density at radius 1 is 1.26 bits per heavy atom. The molecular formula is C17H19NO4S. The van der Waals surface area contributed by atoms with Gasteiger partial charge in [0.05, 0.1) is 6.54 Å². The van der Waals surface area contributed by atoms with E-state index in [1.165, 1.54) is 0 Å². The Balaban J connectivity index is 2.16. The van der Waals surface area contributed by atoms with Gasteiger partial charge in [0.2, 0.25) is 0 Å². The van der Waals surface area contributed by atoms with Gasteiger partial charge in [-0.1, -0.05) is 6.07 Å². The Kier molecular flexibility index (Phi) is 5.39. The number of aryl methyl sites for hydroxylation is 2. The standard InChI is InChI=1S/C17H19NO4S/c1-11-7-13(8-12(2)16(11)22-10-15(19)20)17(21)18(3)9-14-5-4-6-23-14/h4-8H,9-10H2,1-3H3,(H,19,20). The van der Waals surface area contributed by atoms with Crippen molar-refractivity contribution in [3.8, 4) is 5.75 Å². The first-order valence-electron chi connectivity index (χ1n) is 7.12. The minimum Gasteiger partial charge on any atom is -0.481 e. The second-order valence-electron chi connectivity index (χ2n) is 5.36. The lowest BCUT2D eigenvalue weighted by Gasteiger charge is -2.18. The maximum atomic E-state index is 12.5. The molecule has 2 rings (SSSR count). The number of hydrogen-bond donors (Lipinski definition) is 1. The van der Waals surface area contributed by atoms with Crippen molar-refractivity contribution in [2.45, 2.75) is 20.4 Å². The molecule has 0 radical (unpaired) electrons. The number of ether oxygens (including phenoxy) is 1. The van der Waals surface area contributed by atoms with Crippen LogP contribution in [0.3, 0.4) is 0 Å². The van der Waals surface area contributed by atoms with E-state index in [0.717, 1.165) is 16.0 Å². The van der Waals surface area contributed by atoms with Crippen LogP contribution in [0.5, 0.6) is 5.75 Å². The molecule has 6 heteroatoms. The van der Waals surface area contributed by atoms with E-state index < -0.39 is 12.6 Å². The van der Waals surface area contributed by atoms with Gasteiger partial charge in [0.25, 0.3) is 5.91 Å². The number of carbonyl (C=O) groups is 2. The van der Waals surface area contributed by atoms with E-state index in [9.17, 15) is 9.59 Å². The molecule has 2 aromatic rings. The number of carboxylic acids is 1. The minimum absolute atomic E-state index is 0.0746. The fraction of sp³-hybridized carbons (Fsp3) is 0.294. The molecule has 122 valence electrons. The fourth-order valence-electron chi connectivity index (χ4n) is 2.36. The molecule has 0 bridgehead atoms. The summed E-state index contributed by atoms with van der Waals surface area (Å²) >= 11 is 1.61. The van der Waals surface area contributed by atoms with Gasteiger partial charge in [-0.15, -0.1) is 11.3 Å². The van der Waals surface area contributed by atoms with Crippen molar-refractivity contribution in [1.82, 2.24) is 4.90 Å². The minimum atomic E-state index is -1.03. The summed E-state index contributed by atoms with van der Waals surface area (Å²) in [6.45, 7) is 3.78. The van der Waals surface area contributed by atoms with E-state index >= 15 is 0 Å². The van der Waals surface area contributed by atoms with Crippen LogP contribution in [-0.4, -0.2) is 35.5 Å². The number of nitrogens with zero attached hydrogens (tertiary/aromatic N) is 1. The lowest BCUT2D eigenvalue weighted by atomic mass is 10.0. The Bertz CT molecular complexity index is 686. The molecule has 0 spiro atoms. The number of amides is 1. The van der Waals surface area contributed by atoms with E-state index in [0.29, 0.717) is 17.9 Å². The normalized spacial score (nSPS) is 10.4. The summed E-state index contributed by atoms with van der Waals surface area (Å²) in [5, 5.41) is 10.7.